The summed E-state index contributed by atoms with van der Waals surface area (Å²) >= 11 is 1.70. The van der Waals surface area contributed by atoms with Crippen LogP contribution in [0.3, 0.4) is 0 Å². The summed E-state index contributed by atoms with van der Waals surface area (Å²) in [6.45, 7) is 4.02. The van der Waals surface area contributed by atoms with Gasteiger partial charge in [-0.25, -0.2) is 0 Å². The highest BCUT2D eigenvalue weighted by atomic mass is 32.2. The average Bonchev–Trinajstić information content (AvgIpc) is 2.35. The summed E-state index contributed by atoms with van der Waals surface area (Å²) in [4.78, 5) is 11.9. The Hall–Kier alpha value is -1.00. The zero-order valence-electron chi connectivity index (χ0n) is 11.3. The van der Waals surface area contributed by atoms with Gasteiger partial charge in [-0.05, 0) is 37.8 Å². The number of nitrogens with two attached hydrogens (primary N) is 1. The Morgan fingerprint density at radius 3 is 2.83 bits per heavy atom. The fraction of sp³-hybridized carbons (Fsp3) is 0.500. The number of thioether (sulfide) groups is 1. The van der Waals surface area contributed by atoms with Crippen LogP contribution >= 0.6 is 11.8 Å². The van der Waals surface area contributed by atoms with Gasteiger partial charge >= 0.3 is 0 Å². The predicted molar refractivity (Wildman–Crippen MR) is 78.7 cm³/mol. The molecule has 1 aromatic rings. The molecule has 18 heavy (non-hydrogen) atoms. The molecule has 0 heterocycles. The van der Waals surface area contributed by atoms with Crippen molar-refractivity contribution in [3.05, 3.63) is 35.4 Å². The largest absolute Gasteiger partial charge is 0.348 e. The maximum Gasteiger partial charge on any atom is 0.237 e. The number of hydrogen-bond donors (Lipinski definition) is 2. The minimum Gasteiger partial charge on any atom is -0.348 e. The Labute approximate surface area is 114 Å². The molecule has 3 N–H and O–H groups in total. The van der Waals surface area contributed by atoms with Crippen LogP contribution in [0.5, 0.6) is 0 Å². The molecule has 0 aliphatic carbocycles. The molecule has 0 fully saturated rings. The van der Waals surface area contributed by atoms with Gasteiger partial charge in [0, 0.05) is 0 Å². The van der Waals surface area contributed by atoms with Crippen molar-refractivity contribution >= 4 is 17.7 Å². The SMILES string of the molecule is CSCC[C@@H](N)C(=O)N[C@@H](C)c1cccc(C)c1. The molecule has 100 valence electrons. The molecule has 0 aliphatic rings. The Morgan fingerprint density at radius 1 is 1.50 bits per heavy atom. The molecule has 0 spiro atoms. The van der Waals surface area contributed by atoms with Crippen molar-refractivity contribution in [2.24, 2.45) is 5.73 Å². The van der Waals surface area contributed by atoms with E-state index in [9.17, 15) is 4.79 Å². The third-order valence-electron chi connectivity index (χ3n) is 2.87. The van der Waals surface area contributed by atoms with Gasteiger partial charge in [-0.1, -0.05) is 29.8 Å². The van der Waals surface area contributed by atoms with E-state index in [2.05, 4.69) is 11.4 Å². The van der Waals surface area contributed by atoms with Crippen LogP contribution in [0.15, 0.2) is 24.3 Å². The normalized spacial score (nSPS) is 14.0. The lowest BCUT2D eigenvalue weighted by Crippen LogP contribution is -2.41. The van der Waals surface area contributed by atoms with Crippen LogP contribution < -0.4 is 11.1 Å². The molecule has 1 rings (SSSR count). The Balaban J connectivity index is 2.54. The molecule has 0 bridgehead atoms. The van der Waals surface area contributed by atoms with E-state index in [1.165, 1.54) is 5.56 Å². The summed E-state index contributed by atoms with van der Waals surface area (Å²) in [7, 11) is 0. The minimum absolute atomic E-state index is 0.00210. The molecule has 1 amide bonds. The van der Waals surface area contributed by atoms with E-state index in [1.54, 1.807) is 11.8 Å². The summed E-state index contributed by atoms with van der Waals surface area (Å²) in [5.41, 5.74) is 8.14. The Morgan fingerprint density at radius 2 is 2.22 bits per heavy atom. The van der Waals surface area contributed by atoms with Crippen LogP contribution in [0.4, 0.5) is 0 Å². The molecule has 0 aliphatic heterocycles. The Bertz CT molecular complexity index is 395. The second-order valence-electron chi connectivity index (χ2n) is 4.53. The van der Waals surface area contributed by atoms with Crippen molar-refractivity contribution in [3.8, 4) is 0 Å². The van der Waals surface area contributed by atoms with Gasteiger partial charge in [-0.15, -0.1) is 0 Å². The standard InChI is InChI=1S/C14H22N2OS/c1-10-5-4-6-12(9-10)11(2)16-14(17)13(15)7-8-18-3/h4-6,9,11,13H,7-8,15H2,1-3H3,(H,16,17)/t11-,13+/m0/s1. The average molecular weight is 266 g/mol. The molecule has 0 saturated carbocycles. The molecular formula is C14H22N2OS. The molecule has 0 saturated heterocycles. The van der Waals surface area contributed by atoms with E-state index in [0.29, 0.717) is 6.42 Å². The third kappa shape index (κ3) is 4.70. The number of carbonyl (C=O) groups is 1. The lowest BCUT2D eigenvalue weighted by molar-refractivity contribution is -0.123. The van der Waals surface area contributed by atoms with E-state index in [4.69, 9.17) is 5.73 Å². The topological polar surface area (TPSA) is 55.1 Å². The number of carbonyl (C=O) groups excluding carboxylic acids is 1. The molecular weight excluding hydrogens is 244 g/mol. The number of amides is 1. The second kappa shape index (κ2) is 7.44. The third-order valence-corrected chi connectivity index (χ3v) is 3.51. The lowest BCUT2D eigenvalue weighted by atomic mass is 10.1. The van der Waals surface area contributed by atoms with E-state index in [1.807, 2.05) is 38.3 Å². The van der Waals surface area contributed by atoms with Crippen molar-refractivity contribution in [2.45, 2.75) is 32.4 Å². The number of hydrogen-bond acceptors (Lipinski definition) is 3. The van der Waals surface area contributed by atoms with Crippen LogP contribution in [-0.4, -0.2) is 24.0 Å². The summed E-state index contributed by atoms with van der Waals surface area (Å²) < 4.78 is 0. The highest BCUT2D eigenvalue weighted by Gasteiger charge is 2.16. The first-order chi connectivity index (χ1) is 8.54. The molecule has 1 aromatic carbocycles. The summed E-state index contributed by atoms with van der Waals surface area (Å²) in [6, 6.07) is 7.73. The van der Waals surface area contributed by atoms with Crippen molar-refractivity contribution in [2.75, 3.05) is 12.0 Å². The van der Waals surface area contributed by atoms with Gasteiger partial charge in [-0.3, -0.25) is 4.79 Å². The van der Waals surface area contributed by atoms with Crippen molar-refractivity contribution in [1.29, 1.82) is 0 Å². The van der Waals surface area contributed by atoms with Crippen LogP contribution in [0.1, 0.15) is 30.5 Å². The van der Waals surface area contributed by atoms with Gasteiger partial charge in [0.2, 0.25) is 5.91 Å². The number of aryl methyl sites for hydroxylation is 1. The van der Waals surface area contributed by atoms with E-state index >= 15 is 0 Å². The second-order valence-corrected chi connectivity index (χ2v) is 5.52. The maximum atomic E-state index is 11.9. The zero-order valence-corrected chi connectivity index (χ0v) is 12.1. The van der Waals surface area contributed by atoms with Crippen LogP contribution in [-0.2, 0) is 4.79 Å². The summed E-state index contributed by atoms with van der Waals surface area (Å²) in [5.74, 6) is 0.839. The summed E-state index contributed by atoms with van der Waals surface area (Å²) in [6.07, 6.45) is 2.73. The molecule has 3 nitrogen and oxygen atoms in total. The van der Waals surface area contributed by atoms with Gasteiger partial charge in [0.05, 0.1) is 12.1 Å². The van der Waals surface area contributed by atoms with E-state index < -0.39 is 6.04 Å². The zero-order chi connectivity index (χ0) is 13.5. The predicted octanol–water partition coefficient (Wildman–Crippen LogP) is 2.25. The van der Waals surface area contributed by atoms with Gasteiger partial charge < -0.3 is 11.1 Å². The Kier molecular flexibility index (Phi) is 6.22. The van der Waals surface area contributed by atoms with Gasteiger partial charge in [0.15, 0.2) is 0 Å². The first kappa shape index (κ1) is 15.1. The number of rotatable bonds is 6. The number of benzene rings is 1. The van der Waals surface area contributed by atoms with Gasteiger partial charge in [0.25, 0.3) is 0 Å². The number of nitrogens with one attached hydrogen (secondary N) is 1. The monoisotopic (exact) mass is 266 g/mol. The van der Waals surface area contributed by atoms with E-state index in [-0.39, 0.29) is 11.9 Å². The first-order valence-electron chi connectivity index (χ1n) is 6.16. The van der Waals surface area contributed by atoms with Crippen LogP contribution in [0, 0.1) is 6.92 Å². The smallest absolute Gasteiger partial charge is 0.237 e. The molecule has 4 heteroatoms. The van der Waals surface area contributed by atoms with Gasteiger partial charge in [-0.2, -0.15) is 11.8 Å². The quantitative estimate of drug-likeness (QED) is 0.830. The lowest BCUT2D eigenvalue weighted by Gasteiger charge is -2.18. The highest BCUT2D eigenvalue weighted by Crippen LogP contribution is 2.14. The fourth-order valence-corrected chi connectivity index (χ4v) is 2.21. The van der Waals surface area contributed by atoms with E-state index in [0.717, 1.165) is 11.3 Å². The van der Waals surface area contributed by atoms with Crippen LogP contribution in [0.25, 0.3) is 0 Å². The molecule has 0 radical (unpaired) electrons. The van der Waals surface area contributed by atoms with Crippen molar-refractivity contribution in [1.82, 2.24) is 5.32 Å². The maximum absolute atomic E-state index is 11.9. The minimum atomic E-state index is -0.412. The van der Waals surface area contributed by atoms with Crippen LogP contribution in [0.2, 0.25) is 0 Å². The molecule has 0 unspecified atom stereocenters. The van der Waals surface area contributed by atoms with Crippen molar-refractivity contribution < 1.29 is 4.79 Å². The molecule has 0 aromatic heterocycles. The van der Waals surface area contributed by atoms with Gasteiger partial charge in [0.1, 0.15) is 0 Å². The highest BCUT2D eigenvalue weighted by molar-refractivity contribution is 7.98. The molecule has 2 atom stereocenters. The fourth-order valence-electron chi connectivity index (χ4n) is 1.72. The first-order valence-corrected chi connectivity index (χ1v) is 7.55. The van der Waals surface area contributed by atoms with Crippen molar-refractivity contribution in [3.63, 3.8) is 0 Å². The summed E-state index contributed by atoms with van der Waals surface area (Å²) in [5, 5.41) is 2.96.